The monoisotopic (exact) mass is 386 g/mol. The van der Waals surface area contributed by atoms with Crippen LogP contribution in [0.1, 0.15) is 31.2 Å². The zero-order valence-electron chi connectivity index (χ0n) is 14.4. The zero-order valence-corrected chi connectivity index (χ0v) is 15.9. The number of aliphatic carboxylic acids is 1. The molecule has 1 saturated heterocycles. The number of rotatable bonds is 7. The van der Waals surface area contributed by atoms with Crippen molar-refractivity contribution in [1.29, 1.82) is 0 Å². The Morgan fingerprint density at radius 2 is 2.08 bits per heavy atom. The second kappa shape index (κ2) is 9.41. The fourth-order valence-corrected chi connectivity index (χ4v) is 3.49. The van der Waals surface area contributed by atoms with Crippen molar-refractivity contribution >= 4 is 35.1 Å². The number of amides is 1. The van der Waals surface area contributed by atoms with Gasteiger partial charge in [0.25, 0.3) is 0 Å². The lowest BCUT2D eigenvalue weighted by atomic mass is 9.93. The van der Waals surface area contributed by atoms with Crippen LogP contribution in [0.2, 0.25) is 10.0 Å². The summed E-state index contributed by atoms with van der Waals surface area (Å²) in [6.45, 7) is 2.52. The number of carbonyl (C=O) groups is 2. The largest absolute Gasteiger partial charge is 0.481 e. The molecule has 0 aromatic heterocycles. The second-order valence-corrected chi connectivity index (χ2v) is 7.49. The molecule has 1 aromatic rings. The van der Waals surface area contributed by atoms with Crippen molar-refractivity contribution in [1.82, 2.24) is 9.80 Å². The molecule has 0 saturated carbocycles. The van der Waals surface area contributed by atoms with Crippen LogP contribution < -0.4 is 0 Å². The normalized spacial score (nSPS) is 18.1. The van der Waals surface area contributed by atoms with Crippen LogP contribution in [0, 0.1) is 5.92 Å². The van der Waals surface area contributed by atoms with Gasteiger partial charge in [-0.15, -0.1) is 0 Å². The van der Waals surface area contributed by atoms with Gasteiger partial charge in [-0.05, 0) is 49.4 Å². The predicted molar refractivity (Wildman–Crippen MR) is 99.0 cm³/mol. The first-order chi connectivity index (χ1) is 11.8. The average Bonchev–Trinajstić information content (AvgIpc) is 2.56. The highest BCUT2D eigenvalue weighted by molar-refractivity contribution is 6.42. The van der Waals surface area contributed by atoms with Crippen molar-refractivity contribution in [3.63, 3.8) is 0 Å². The third-order valence-corrected chi connectivity index (χ3v) is 5.30. The van der Waals surface area contributed by atoms with Crippen LogP contribution in [0.4, 0.5) is 0 Å². The number of halogens is 2. The molecule has 0 radical (unpaired) electrons. The van der Waals surface area contributed by atoms with E-state index in [0.717, 1.165) is 31.5 Å². The SMILES string of the molecule is CN(Cc1ccc(Cl)c(Cl)c1)C(=O)CN1CCCC(CCC(=O)O)C1. The van der Waals surface area contributed by atoms with Gasteiger partial charge in [0, 0.05) is 26.6 Å². The number of piperidine rings is 1. The zero-order chi connectivity index (χ0) is 18.4. The van der Waals surface area contributed by atoms with Gasteiger partial charge in [0.1, 0.15) is 0 Å². The maximum atomic E-state index is 12.5. The first kappa shape index (κ1) is 20.0. The smallest absolute Gasteiger partial charge is 0.303 e. The number of hydrogen-bond acceptors (Lipinski definition) is 3. The Morgan fingerprint density at radius 1 is 1.32 bits per heavy atom. The number of nitrogens with zero attached hydrogens (tertiary/aromatic N) is 2. The molecule has 1 N–H and O–H groups in total. The standard InChI is InChI=1S/C18H24Cl2N2O3/c1-21(10-14-4-6-15(19)16(20)9-14)17(23)12-22-8-2-3-13(11-22)5-7-18(24)25/h4,6,9,13H,2-3,5,7-8,10-12H2,1H3,(H,24,25). The highest BCUT2D eigenvalue weighted by Crippen LogP contribution is 2.23. The van der Waals surface area contributed by atoms with Crippen molar-refractivity contribution in [3.8, 4) is 0 Å². The second-order valence-electron chi connectivity index (χ2n) is 6.67. The van der Waals surface area contributed by atoms with E-state index >= 15 is 0 Å². The minimum atomic E-state index is -0.755. The van der Waals surface area contributed by atoms with Crippen molar-refractivity contribution < 1.29 is 14.7 Å². The third-order valence-electron chi connectivity index (χ3n) is 4.56. The van der Waals surface area contributed by atoms with Gasteiger partial charge in [-0.1, -0.05) is 29.3 Å². The fraction of sp³-hybridized carbons (Fsp3) is 0.556. The molecule has 1 amide bonds. The highest BCUT2D eigenvalue weighted by Gasteiger charge is 2.23. The minimum absolute atomic E-state index is 0.0463. The molecular formula is C18H24Cl2N2O3. The summed E-state index contributed by atoms with van der Waals surface area (Å²) >= 11 is 11.9. The fourth-order valence-electron chi connectivity index (χ4n) is 3.17. The lowest BCUT2D eigenvalue weighted by molar-refractivity contribution is -0.137. The van der Waals surface area contributed by atoms with Gasteiger partial charge < -0.3 is 10.0 Å². The van der Waals surface area contributed by atoms with Crippen molar-refractivity contribution in [2.45, 2.75) is 32.2 Å². The van der Waals surface area contributed by atoms with E-state index < -0.39 is 5.97 Å². The van der Waals surface area contributed by atoms with E-state index in [9.17, 15) is 9.59 Å². The Bertz CT molecular complexity index is 624. The molecule has 5 nitrogen and oxygen atoms in total. The van der Waals surface area contributed by atoms with Crippen LogP contribution in [0.5, 0.6) is 0 Å². The Balaban J connectivity index is 1.83. The molecule has 2 rings (SSSR count). The minimum Gasteiger partial charge on any atom is -0.481 e. The van der Waals surface area contributed by atoms with E-state index in [0.29, 0.717) is 35.5 Å². The summed E-state index contributed by atoms with van der Waals surface area (Å²) < 4.78 is 0. The molecule has 0 aliphatic carbocycles. The maximum absolute atomic E-state index is 12.5. The Labute approximate surface area is 158 Å². The van der Waals surface area contributed by atoms with Crippen LogP contribution in [0.15, 0.2) is 18.2 Å². The molecule has 1 unspecified atom stereocenters. The molecule has 1 aliphatic heterocycles. The molecule has 138 valence electrons. The number of hydrogen-bond donors (Lipinski definition) is 1. The molecule has 1 heterocycles. The summed E-state index contributed by atoms with van der Waals surface area (Å²) in [5, 5.41) is 9.80. The number of carbonyl (C=O) groups excluding carboxylic acids is 1. The molecule has 1 aromatic carbocycles. The van der Waals surface area contributed by atoms with E-state index in [-0.39, 0.29) is 12.3 Å². The highest BCUT2D eigenvalue weighted by atomic mass is 35.5. The predicted octanol–water partition coefficient (Wildman–Crippen LogP) is 3.53. The van der Waals surface area contributed by atoms with Crippen LogP contribution in [0.3, 0.4) is 0 Å². The van der Waals surface area contributed by atoms with Crippen LogP contribution in [0.25, 0.3) is 0 Å². The van der Waals surface area contributed by atoms with Crippen LogP contribution in [-0.4, -0.2) is 53.5 Å². The van der Waals surface area contributed by atoms with E-state index in [1.807, 2.05) is 6.07 Å². The first-order valence-electron chi connectivity index (χ1n) is 8.47. The van der Waals surface area contributed by atoms with Gasteiger partial charge in [-0.25, -0.2) is 0 Å². The summed E-state index contributed by atoms with van der Waals surface area (Å²) in [5.74, 6) is -0.349. The molecule has 0 bridgehead atoms. The third kappa shape index (κ3) is 6.49. The van der Waals surface area contributed by atoms with Crippen molar-refractivity contribution in [2.75, 3.05) is 26.7 Å². The van der Waals surface area contributed by atoms with Gasteiger partial charge in [-0.3, -0.25) is 14.5 Å². The Morgan fingerprint density at radius 3 is 2.76 bits per heavy atom. The van der Waals surface area contributed by atoms with Gasteiger partial charge in [0.2, 0.25) is 5.91 Å². The summed E-state index contributed by atoms with van der Waals surface area (Å²) in [5.41, 5.74) is 0.934. The average molecular weight is 387 g/mol. The van der Waals surface area contributed by atoms with E-state index in [4.69, 9.17) is 28.3 Å². The van der Waals surface area contributed by atoms with Gasteiger partial charge in [-0.2, -0.15) is 0 Å². The first-order valence-corrected chi connectivity index (χ1v) is 9.22. The molecule has 1 fully saturated rings. The molecule has 7 heteroatoms. The summed E-state index contributed by atoms with van der Waals surface area (Å²) in [6, 6.07) is 5.37. The Hall–Kier alpha value is -1.30. The summed E-state index contributed by atoms with van der Waals surface area (Å²) in [6.07, 6.45) is 2.92. The molecule has 1 atom stereocenters. The van der Waals surface area contributed by atoms with Crippen LogP contribution >= 0.6 is 23.2 Å². The number of carboxylic acid groups (broad SMARTS) is 1. The number of likely N-dealkylation sites (N-methyl/N-ethyl adjacent to an activating group) is 1. The lowest BCUT2D eigenvalue weighted by Crippen LogP contribution is -2.43. The number of benzene rings is 1. The summed E-state index contributed by atoms with van der Waals surface area (Å²) in [7, 11) is 1.77. The molecule has 25 heavy (non-hydrogen) atoms. The van der Waals surface area contributed by atoms with Crippen molar-refractivity contribution in [2.24, 2.45) is 5.92 Å². The van der Waals surface area contributed by atoms with E-state index in [2.05, 4.69) is 4.90 Å². The molecule has 0 spiro atoms. The van der Waals surface area contributed by atoms with E-state index in [1.54, 1.807) is 24.1 Å². The number of carboxylic acids is 1. The number of likely N-dealkylation sites (tertiary alicyclic amines) is 1. The Kier molecular flexibility index (Phi) is 7.54. The quantitative estimate of drug-likeness (QED) is 0.778. The van der Waals surface area contributed by atoms with E-state index in [1.165, 1.54) is 0 Å². The molecule has 1 aliphatic rings. The van der Waals surface area contributed by atoms with Crippen molar-refractivity contribution in [3.05, 3.63) is 33.8 Å². The van der Waals surface area contributed by atoms with Crippen LogP contribution in [-0.2, 0) is 16.1 Å². The van der Waals surface area contributed by atoms with Gasteiger partial charge >= 0.3 is 5.97 Å². The lowest BCUT2D eigenvalue weighted by Gasteiger charge is -2.33. The molecular weight excluding hydrogens is 363 g/mol. The van der Waals surface area contributed by atoms with Gasteiger partial charge in [0.15, 0.2) is 0 Å². The topological polar surface area (TPSA) is 60.9 Å². The van der Waals surface area contributed by atoms with Gasteiger partial charge in [0.05, 0.1) is 16.6 Å². The maximum Gasteiger partial charge on any atom is 0.303 e. The summed E-state index contributed by atoms with van der Waals surface area (Å²) in [4.78, 5) is 27.0.